The van der Waals surface area contributed by atoms with Crippen molar-refractivity contribution in [3.63, 3.8) is 0 Å². The van der Waals surface area contributed by atoms with Gasteiger partial charge in [0.15, 0.2) is 0 Å². The monoisotopic (exact) mass is 1010 g/mol. The van der Waals surface area contributed by atoms with Crippen LogP contribution >= 0.6 is 0 Å². The molecule has 0 radical (unpaired) electrons. The van der Waals surface area contributed by atoms with E-state index in [1.165, 1.54) is 23.4 Å². The van der Waals surface area contributed by atoms with Crippen LogP contribution in [0.2, 0.25) is 0 Å². The number of benzene rings is 7. The molecule has 1 aliphatic heterocycles. The number of nitrogens with zero attached hydrogens (tertiary/aromatic N) is 4. The van der Waals surface area contributed by atoms with Crippen molar-refractivity contribution in [2.45, 2.75) is 59.2 Å². The van der Waals surface area contributed by atoms with Gasteiger partial charge in [-0.1, -0.05) is 138 Å². The van der Waals surface area contributed by atoms with Gasteiger partial charge < -0.3 is 19.1 Å². The minimum Gasteiger partial charge on any atom is -0.509 e. The zero-order valence-electron chi connectivity index (χ0n) is 43.8. The van der Waals surface area contributed by atoms with Crippen LogP contribution in [0.25, 0.3) is 49.9 Å². The van der Waals surface area contributed by atoms with E-state index in [1.807, 2.05) is 95.6 Å². The molecule has 0 unspecified atom stereocenters. The van der Waals surface area contributed by atoms with Crippen LogP contribution in [0.5, 0.6) is 11.5 Å². The summed E-state index contributed by atoms with van der Waals surface area (Å²) in [6, 6.07) is 46.3. The van der Waals surface area contributed by atoms with E-state index < -0.39 is 37.1 Å². The van der Waals surface area contributed by atoms with E-state index in [9.17, 15) is 0 Å². The van der Waals surface area contributed by atoms with Crippen molar-refractivity contribution >= 4 is 44.6 Å². The minimum atomic E-state index is -2.77. The quantitative estimate of drug-likeness (QED) is 0.149. The van der Waals surface area contributed by atoms with Crippen LogP contribution in [0.3, 0.4) is 0 Å². The molecule has 0 amide bonds. The van der Waals surface area contributed by atoms with Gasteiger partial charge in [-0.25, -0.2) is 4.98 Å². The first-order chi connectivity index (χ1) is 33.2. The molecule has 0 bridgehead atoms. The van der Waals surface area contributed by atoms with E-state index in [0.29, 0.717) is 22.5 Å². The fourth-order valence-electron chi connectivity index (χ4n) is 8.16. The van der Waals surface area contributed by atoms with Crippen molar-refractivity contribution in [3.05, 3.63) is 199 Å². The predicted octanol–water partition coefficient (Wildman–Crippen LogP) is 15.2. The van der Waals surface area contributed by atoms with E-state index in [-0.39, 0.29) is 54.4 Å². The molecule has 0 N–H and O–H groups in total. The van der Waals surface area contributed by atoms with E-state index >= 15 is 0 Å². The Balaban J connectivity index is 0.00000624. The smallest absolute Gasteiger partial charge is 0.135 e. The molecule has 2 aromatic heterocycles. The van der Waals surface area contributed by atoms with Crippen LogP contribution < -0.4 is 14.5 Å². The average Bonchev–Trinajstić information content (AvgIpc) is 3.88. The summed E-state index contributed by atoms with van der Waals surface area (Å²) in [5.41, 5.74) is 8.87. The van der Waals surface area contributed by atoms with Gasteiger partial charge in [0.2, 0.25) is 0 Å². The first-order valence-electron chi connectivity index (χ1n) is 24.7. The number of pyridine rings is 1. The summed E-state index contributed by atoms with van der Waals surface area (Å²) in [6.07, 6.45) is 1.28. The van der Waals surface area contributed by atoms with Crippen LogP contribution in [0.1, 0.15) is 69.2 Å². The number of rotatable bonds is 7. The largest absolute Gasteiger partial charge is 0.509 e. The molecule has 0 saturated carbocycles. The molecule has 316 valence electrons. The van der Waals surface area contributed by atoms with Crippen molar-refractivity contribution in [1.29, 1.82) is 0 Å². The number of ether oxygens (including phenoxy) is 1. The Kier molecular flexibility index (Phi) is 8.62. The second-order valence-corrected chi connectivity index (χ2v) is 17.7. The van der Waals surface area contributed by atoms with Gasteiger partial charge in [0.1, 0.15) is 5.82 Å². The minimum absolute atomic E-state index is 0. The maximum atomic E-state index is 8.68. The Morgan fingerprint density at radius 3 is 2.05 bits per heavy atom. The molecule has 7 aromatic carbocycles. The van der Waals surface area contributed by atoms with Crippen LogP contribution in [-0.2, 0) is 31.9 Å². The zero-order chi connectivity index (χ0) is 49.6. The fraction of sp³-hybridized carbons (Fsp3) is 0.158. The number of hydrogen-bond acceptors (Lipinski definition) is 4. The third kappa shape index (κ3) is 7.85. The molecular weight excluding hydrogens is 952 g/mol. The second kappa shape index (κ2) is 16.4. The van der Waals surface area contributed by atoms with Gasteiger partial charge in [0, 0.05) is 71.0 Å². The Hall–Kier alpha value is -6.42. The molecule has 1 aliphatic rings. The summed E-state index contributed by atoms with van der Waals surface area (Å²) in [7, 11) is 0. The third-order valence-electron chi connectivity index (χ3n) is 11.4. The van der Waals surface area contributed by atoms with Gasteiger partial charge >= 0.3 is 0 Å². The summed E-state index contributed by atoms with van der Waals surface area (Å²) >= 11 is 0. The number of hydrogen-bond donors (Lipinski definition) is 0. The van der Waals surface area contributed by atoms with Crippen molar-refractivity contribution in [2.24, 2.45) is 0 Å². The van der Waals surface area contributed by atoms with Gasteiger partial charge in [-0.15, -0.1) is 48.1 Å². The number of para-hydroxylation sites is 2. The molecule has 9 aromatic rings. The molecule has 0 fully saturated rings. The molecule has 0 aliphatic carbocycles. The zero-order valence-corrected chi connectivity index (χ0v) is 38.1. The van der Waals surface area contributed by atoms with E-state index in [1.54, 1.807) is 0 Å². The molecule has 3 heterocycles. The molecule has 0 spiro atoms. The Morgan fingerprint density at radius 2 is 1.33 bits per heavy atom. The topological polar surface area (TPSA) is 33.5 Å². The van der Waals surface area contributed by atoms with Crippen LogP contribution in [0, 0.1) is 25.7 Å². The van der Waals surface area contributed by atoms with Crippen molar-refractivity contribution < 1.29 is 36.8 Å². The Bertz CT molecular complexity index is 3480. The first-order valence-corrected chi connectivity index (χ1v) is 20.7. The normalized spacial score (nSPS) is 14.8. The number of aryl methyl sites for hydroxylation is 1. The second-order valence-electron chi connectivity index (χ2n) is 17.7. The van der Waals surface area contributed by atoms with Gasteiger partial charge in [-0.2, -0.15) is 12.1 Å². The van der Waals surface area contributed by atoms with E-state index in [2.05, 4.69) is 100 Å². The Morgan fingerprint density at radius 1 is 0.651 bits per heavy atom. The molecular formula is C57H49N4OPt-3. The first kappa shape index (κ1) is 33.2. The summed E-state index contributed by atoms with van der Waals surface area (Å²) in [5, 5.41) is 1.68. The number of anilines is 4. The van der Waals surface area contributed by atoms with Crippen LogP contribution in [0.4, 0.5) is 22.7 Å². The summed E-state index contributed by atoms with van der Waals surface area (Å²) in [5.74, 6) is 1.05. The van der Waals surface area contributed by atoms with Crippen LogP contribution in [-0.4, -0.2) is 9.55 Å². The fourth-order valence-corrected chi connectivity index (χ4v) is 8.16. The van der Waals surface area contributed by atoms with E-state index in [0.717, 1.165) is 44.6 Å². The number of fused-ring (bicyclic) bond motifs is 4. The molecule has 63 heavy (non-hydrogen) atoms. The molecule has 10 rings (SSSR count). The Labute approximate surface area is 397 Å². The van der Waals surface area contributed by atoms with Gasteiger partial charge in [0.05, 0.1) is 6.85 Å². The third-order valence-corrected chi connectivity index (χ3v) is 11.4. The standard InChI is InChI=1S/C57H49N4O.Pt/c1-38-30-54(58-36-49(38)40-20-12-9-13-21-40)61-52-27-17-24-47(39-18-10-8-11-19-39)55(52)48-29-28-46(35-53(48)61)62-45-23-16-22-43(34-45)59-37-60(51-26-15-14-25-50(51)59)44-32-41(56(2,3)4)31-42(33-44)57(5,6)7;/h8-33,36-37H,1-7H3;/q-3;/i1D3,9D,12D,13D,20D,21D;. The van der Waals surface area contributed by atoms with Crippen molar-refractivity contribution in [1.82, 2.24) is 9.55 Å². The maximum Gasteiger partial charge on any atom is 0.135 e. The summed E-state index contributed by atoms with van der Waals surface area (Å²) in [6.45, 7) is 12.8. The van der Waals surface area contributed by atoms with Crippen molar-refractivity contribution in [3.8, 4) is 39.6 Å². The molecule has 0 atom stereocenters. The maximum absolute atomic E-state index is 8.68. The molecule has 5 nitrogen and oxygen atoms in total. The summed E-state index contributed by atoms with van der Waals surface area (Å²) < 4.78 is 76.5. The predicted molar refractivity (Wildman–Crippen MR) is 257 cm³/mol. The van der Waals surface area contributed by atoms with Crippen LogP contribution in [0.15, 0.2) is 164 Å². The summed E-state index contributed by atoms with van der Waals surface area (Å²) in [4.78, 5) is 9.13. The SMILES string of the molecule is [2H]c1c([2H])c([2H])c(-c2cnc(-n3c4[c-]c(Oc5[c-]c(N6[CH-]N(c7cc(C(C)(C)C)cc(C(C)(C)C)c7)c7ccccc76)ccc5)ccc4c4c(-c5ccccc5)cccc43)cc2C([2H])([2H])[2H])c([2H])c1[2H].[Pt]. The average molecular weight is 1010 g/mol. The molecule has 0 saturated heterocycles. The number of aromatic nitrogens is 2. The van der Waals surface area contributed by atoms with Gasteiger partial charge in [0.25, 0.3) is 0 Å². The van der Waals surface area contributed by atoms with Gasteiger partial charge in [-0.3, -0.25) is 0 Å². The van der Waals surface area contributed by atoms with E-state index in [4.69, 9.17) is 20.7 Å². The van der Waals surface area contributed by atoms with Gasteiger partial charge in [-0.05, 0) is 92.8 Å². The molecule has 6 heteroatoms. The van der Waals surface area contributed by atoms with Crippen molar-refractivity contribution in [2.75, 3.05) is 9.80 Å².